The van der Waals surface area contributed by atoms with Crippen LogP contribution in [-0.2, 0) is 19.1 Å². The van der Waals surface area contributed by atoms with E-state index in [-0.39, 0.29) is 31.3 Å². The molecule has 1 aromatic rings. The molecule has 0 atom stereocenters. The first kappa shape index (κ1) is 19.1. The Balaban J connectivity index is 1.71. The maximum absolute atomic E-state index is 12.2. The van der Waals surface area contributed by atoms with E-state index in [0.717, 1.165) is 0 Å². The Morgan fingerprint density at radius 3 is 2.08 bits per heavy atom. The number of rotatable bonds is 6. The highest BCUT2D eigenvalue weighted by Crippen LogP contribution is 2.15. The molecule has 2 rings (SSSR count). The van der Waals surface area contributed by atoms with Crippen LogP contribution < -0.4 is 4.74 Å². The summed E-state index contributed by atoms with van der Waals surface area (Å²) < 4.78 is 9.97. The molecule has 0 unspecified atom stereocenters. The zero-order valence-electron chi connectivity index (χ0n) is 14.1. The van der Waals surface area contributed by atoms with E-state index in [1.807, 2.05) is 0 Å². The molecule has 25 heavy (non-hydrogen) atoms. The van der Waals surface area contributed by atoms with E-state index in [9.17, 15) is 14.4 Å². The molecule has 0 N–H and O–H groups in total. The van der Waals surface area contributed by atoms with E-state index in [2.05, 4.69) is 4.74 Å². The van der Waals surface area contributed by atoms with Gasteiger partial charge in [0.2, 0.25) is 5.91 Å². The Kier molecular flexibility index (Phi) is 7.06. The lowest BCUT2D eigenvalue weighted by molar-refractivity contribution is -0.145. The largest absolute Gasteiger partial charge is 0.484 e. The number of carbonyl (C=O) groups excluding carboxylic acids is 3. The molecule has 2 amide bonds. The van der Waals surface area contributed by atoms with Crippen molar-refractivity contribution in [2.75, 3.05) is 39.9 Å². The van der Waals surface area contributed by atoms with Crippen LogP contribution in [0.3, 0.4) is 0 Å². The van der Waals surface area contributed by atoms with Crippen LogP contribution in [0.4, 0.5) is 0 Å². The van der Waals surface area contributed by atoms with Gasteiger partial charge < -0.3 is 19.3 Å². The fraction of sp³-hybridized carbons (Fsp3) is 0.471. The zero-order chi connectivity index (χ0) is 18.2. The van der Waals surface area contributed by atoms with Gasteiger partial charge in [-0.3, -0.25) is 14.4 Å². The average Bonchev–Trinajstić information content (AvgIpc) is 2.65. The Labute approximate surface area is 151 Å². The van der Waals surface area contributed by atoms with Crippen LogP contribution in [0.5, 0.6) is 5.75 Å². The maximum Gasteiger partial charge on any atom is 0.306 e. The normalized spacial score (nSPS) is 14.2. The average molecular weight is 369 g/mol. The number of hydrogen-bond acceptors (Lipinski definition) is 5. The minimum absolute atomic E-state index is 0.0576. The topological polar surface area (TPSA) is 76.2 Å². The van der Waals surface area contributed by atoms with Crippen LogP contribution in [-0.4, -0.2) is 67.5 Å². The van der Waals surface area contributed by atoms with Gasteiger partial charge in [-0.05, 0) is 24.3 Å². The van der Waals surface area contributed by atoms with Gasteiger partial charge in [0.05, 0.1) is 13.5 Å². The number of methoxy groups -OCH3 is 1. The standard InChI is InChI=1S/C17H21ClN2O5/c1-24-17(23)7-6-15(21)19-8-10-20(11-9-19)16(22)12-25-14-4-2-13(18)3-5-14/h2-5H,6-12H2,1H3. The number of piperazine rings is 1. The molecule has 0 aliphatic carbocycles. The molecule has 7 nitrogen and oxygen atoms in total. The summed E-state index contributed by atoms with van der Waals surface area (Å²) in [5.41, 5.74) is 0. The lowest BCUT2D eigenvalue weighted by atomic mass is 10.2. The molecule has 8 heteroatoms. The summed E-state index contributed by atoms with van der Waals surface area (Å²) in [5.74, 6) is -0.0533. The predicted octanol–water partition coefficient (Wildman–Crippen LogP) is 1.34. The van der Waals surface area contributed by atoms with E-state index >= 15 is 0 Å². The molecule has 0 bridgehead atoms. The van der Waals surface area contributed by atoms with Crippen molar-refractivity contribution in [3.05, 3.63) is 29.3 Å². The first-order valence-corrected chi connectivity index (χ1v) is 8.38. The summed E-state index contributed by atoms with van der Waals surface area (Å²) >= 11 is 5.79. The van der Waals surface area contributed by atoms with Crippen LogP contribution in [0.2, 0.25) is 5.02 Å². The van der Waals surface area contributed by atoms with Gasteiger partial charge in [-0.15, -0.1) is 0 Å². The minimum atomic E-state index is -0.401. The van der Waals surface area contributed by atoms with Crippen LogP contribution in [0.1, 0.15) is 12.8 Å². The summed E-state index contributed by atoms with van der Waals surface area (Å²) in [4.78, 5) is 38.6. The second-order valence-electron chi connectivity index (χ2n) is 5.58. The summed E-state index contributed by atoms with van der Waals surface area (Å²) in [6.45, 7) is 1.75. The second kappa shape index (κ2) is 9.27. The molecule has 0 saturated carbocycles. The third-order valence-electron chi connectivity index (χ3n) is 3.93. The molecular formula is C17H21ClN2O5. The smallest absolute Gasteiger partial charge is 0.306 e. The summed E-state index contributed by atoms with van der Waals surface area (Å²) in [6, 6.07) is 6.79. The van der Waals surface area contributed by atoms with E-state index in [0.29, 0.717) is 37.0 Å². The van der Waals surface area contributed by atoms with Gasteiger partial charge in [-0.1, -0.05) is 11.6 Å². The summed E-state index contributed by atoms with van der Waals surface area (Å²) in [5, 5.41) is 0.603. The van der Waals surface area contributed by atoms with Crippen LogP contribution in [0.25, 0.3) is 0 Å². The molecule has 1 heterocycles. The lowest BCUT2D eigenvalue weighted by Crippen LogP contribution is -2.51. The van der Waals surface area contributed by atoms with E-state index in [1.54, 1.807) is 34.1 Å². The van der Waals surface area contributed by atoms with Crippen molar-refractivity contribution in [1.29, 1.82) is 0 Å². The van der Waals surface area contributed by atoms with Gasteiger partial charge in [-0.2, -0.15) is 0 Å². The number of benzene rings is 1. The van der Waals surface area contributed by atoms with Crippen molar-refractivity contribution >= 4 is 29.4 Å². The molecule has 0 radical (unpaired) electrons. The first-order valence-electron chi connectivity index (χ1n) is 8.00. The molecule has 1 aromatic carbocycles. The van der Waals surface area contributed by atoms with E-state index in [4.69, 9.17) is 16.3 Å². The van der Waals surface area contributed by atoms with Crippen molar-refractivity contribution < 1.29 is 23.9 Å². The minimum Gasteiger partial charge on any atom is -0.484 e. The Morgan fingerprint density at radius 2 is 1.52 bits per heavy atom. The number of hydrogen-bond donors (Lipinski definition) is 0. The van der Waals surface area contributed by atoms with Crippen molar-refractivity contribution in [1.82, 2.24) is 9.80 Å². The molecule has 136 valence electrons. The number of ether oxygens (including phenoxy) is 2. The Morgan fingerprint density at radius 1 is 0.960 bits per heavy atom. The summed E-state index contributed by atoms with van der Waals surface area (Å²) in [6.07, 6.45) is 0.198. The maximum atomic E-state index is 12.2. The first-order chi connectivity index (χ1) is 12.0. The molecule has 1 aliphatic rings. The summed E-state index contributed by atoms with van der Waals surface area (Å²) in [7, 11) is 1.29. The van der Waals surface area contributed by atoms with Gasteiger partial charge in [-0.25, -0.2) is 0 Å². The molecular weight excluding hydrogens is 348 g/mol. The SMILES string of the molecule is COC(=O)CCC(=O)N1CCN(C(=O)COc2ccc(Cl)cc2)CC1. The van der Waals surface area contributed by atoms with Gasteiger partial charge in [0, 0.05) is 37.6 Å². The quantitative estimate of drug-likeness (QED) is 0.708. The van der Waals surface area contributed by atoms with Gasteiger partial charge in [0.1, 0.15) is 5.75 Å². The van der Waals surface area contributed by atoms with Crippen molar-refractivity contribution in [3.63, 3.8) is 0 Å². The van der Waals surface area contributed by atoms with Crippen molar-refractivity contribution in [3.8, 4) is 5.75 Å². The van der Waals surface area contributed by atoms with Crippen LogP contribution >= 0.6 is 11.6 Å². The predicted molar refractivity (Wildman–Crippen MR) is 91.4 cm³/mol. The Bertz CT molecular complexity index is 612. The van der Waals surface area contributed by atoms with Gasteiger partial charge >= 0.3 is 5.97 Å². The third kappa shape index (κ3) is 5.94. The third-order valence-corrected chi connectivity index (χ3v) is 4.18. The molecule has 0 aromatic heterocycles. The molecule has 0 spiro atoms. The molecule has 1 fully saturated rings. The second-order valence-corrected chi connectivity index (χ2v) is 6.02. The molecule has 1 aliphatic heterocycles. The number of carbonyl (C=O) groups is 3. The van der Waals surface area contributed by atoms with Gasteiger partial charge in [0.15, 0.2) is 6.61 Å². The van der Waals surface area contributed by atoms with E-state index in [1.165, 1.54) is 7.11 Å². The number of nitrogens with zero attached hydrogens (tertiary/aromatic N) is 2. The lowest BCUT2D eigenvalue weighted by Gasteiger charge is -2.34. The number of esters is 1. The fourth-order valence-corrected chi connectivity index (χ4v) is 2.57. The van der Waals surface area contributed by atoms with Crippen LogP contribution in [0.15, 0.2) is 24.3 Å². The highest BCUT2D eigenvalue weighted by atomic mass is 35.5. The highest BCUT2D eigenvalue weighted by Gasteiger charge is 2.24. The monoisotopic (exact) mass is 368 g/mol. The Hall–Kier alpha value is -2.28. The fourth-order valence-electron chi connectivity index (χ4n) is 2.44. The molecule has 1 saturated heterocycles. The number of amides is 2. The van der Waals surface area contributed by atoms with Crippen molar-refractivity contribution in [2.45, 2.75) is 12.8 Å². The van der Waals surface area contributed by atoms with Gasteiger partial charge in [0.25, 0.3) is 5.91 Å². The highest BCUT2D eigenvalue weighted by molar-refractivity contribution is 6.30. The van der Waals surface area contributed by atoms with E-state index < -0.39 is 5.97 Å². The zero-order valence-corrected chi connectivity index (χ0v) is 14.8. The number of halogens is 1. The van der Waals surface area contributed by atoms with Crippen LogP contribution in [0, 0.1) is 0 Å². The van der Waals surface area contributed by atoms with Crippen molar-refractivity contribution in [2.24, 2.45) is 0 Å².